The van der Waals surface area contributed by atoms with Crippen LogP contribution in [-0.2, 0) is 10.0 Å². The second-order valence-electron chi connectivity index (χ2n) is 4.27. The molecule has 0 amide bonds. The maximum atomic E-state index is 12.4. The molecule has 1 aromatic carbocycles. The number of hydrogen-bond acceptors (Lipinski definition) is 4. The lowest BCUT2D eigenvalue weighted by atomic mass is 10.2. The second kappa shape index (κ2) is 5.42. The molecule has 0 bridgehead atoms. The zero-order valence-corrected chi connectivity index (χ0v) is 12.1. The van der Waals surface area contributed by atoms with Crippen molar-refractivity contribution in [2.75, 3.05) is 7.05 Å². The highest BCUT2D eigenvalue weighted by Gasteiger charge is 2.18. The lowest BCUT2D eigenvalue weighted by molar-refractivity contribution is 0.596. The molecule has 20 heavy (non-hydrogen) atoms. The molecule has 0 aliphatic heterocycles. The van der Waals surface area contributed by atoms with E-state index >= 15 is 0 Å². The Labute approximate surface area is 118 Å². The van der Waals surface area contributed by atoms with Gasteiger partial charge in [0.05, 0.1) is 15.9 Å². The summed E-state index contributed by atoms with van der Waals surface area (Å²) in [5.41, 5.74) is 2.14. The van der Waals surface area contributed by atoms with Crippen LogP contribution in [0.4, 0.5) is 0 Å². The van der Waals surface area contributed by atoms with Crippen LogP contribution in [0.25, 0.3) is 11.0 Å². The molecule has 0 N–H and O–H groups in total. The zero-order chi connectivity index (χ0) is 14.8. The van der Waals surface area contributed by atoms with Gasteiger partial charge in [-0.3, -0.25) is 4.99 Å². The quantitative estimate of drug-likeness (QED) is 0.641. The first-order valence-corrected chi connectivity index (χ1v) is 7.38. The molecular formula is C14H15N3O2S. The average Bonchev–Trinajstić information content (AvgIpc) is 2.82. The van der Waals surface area contributed by atoms with Crippen molar-refractivity contribution < 1.29 is 8.42 Å². The Balaban J connectivity index is 2.52. The summed E-state index contributed by atoms with van der Waals surface area (Å²) in [6.07, 6.45) is 5.73. The summed E-state index contributed by atoms with van der Waals surface area (Å²) in [4.78, 5) is 7.83. The van der Waals surface area contributed by atoms with Crippen molar-refractivity contribution in [1.82, 2.24) is 8.96 Å². The first kappa shape index (κ1) is 14.2. The number of aliphatic imine (C=N–C) groups is 1. The Hall–Kier alpha value is -2.21. The lowest BCUT2D eigenvalue weighted by Gasteiger charge is -2.06. The van der Waals surface area contributed by atoms with Gasteiger partial charge in [-0.2, -0.15) is 0 Å². The molecule has 2 aromatic rings. The number of aryl methyl sites for hydroxylation is 1. The Morgan fingerprint density at radius 1 is 1.45 bits per heavy atom. The van der Waals surface area contributed by atoms with Crippen LogP contribution in [0, 0.1) is 6.92 Å². The monoisotopic (exact) mass is 289 g/mol. The van der Waals surface area contributed by atoms with Crippen LogP contribution in [0.15, 0.2) is 53.2 Å². The highest BCUT2D eigenvalue weighted by atomic mass is 32.2. The third-order valence-corrected chi connectivity index (χ3v) is 4.39. The van der Waals surface area contributed by atoms with E-state index in [0.29, 0.717) is 11.0 Å². The summed E-state index contributed by atoms with van der Waals surface area (Å²) in [5, 5.41) is 0. The van der Waals surface area contributed by atoms with E-state index in [1.165, 1.54) is 24.7 Å². The van der Waals surface area contributed by atoms with E-state index in [1.54, 1.807) is 19.2 Å². The van der Waals surface area contributed by atoms with Crippen LogP contribution in [0.5, 0.6) is 0 Å². The number of rotatable bonds is 4. The summed E-state index contributed by atoms with van der Waals surface area (Å²) < 4.78 is 26.0. The fourth-order valence-electron chi connectivity index (χ4n) is 1.74. The number of benzene rings is 1. The normalized spacial score (nSPS) is 12.7. The van der Waals surface area contributed by atoms with Crippen LogP contribution in [-0.4, -0.2) is 30.6 Å². The van der Waals surface area contributed by atoms with Crippen molar-refractivity contribution in [3.8, 4) is 0 Å². The van der Waals surface area contributed by atoms with Gasteiger partial charge in [0, 0.05) is 13.3 Å². The molecule has 0 atom stereocenters. The number of hydrogen-bond donors (Lipinski definition) is 0. The SMILES string of the molecule is C=C(/C=C\C=N/C)S(=O)(=O)n1cnc2ccc(C)cc21. The maximum Gasteiger partial charge on any atom is 0.268 e. The number of aromatic nitrogens is 2. The summed E-state index contributed by atoms with van der Waals surface area (Å²) in [7, 11) is -2.10. The maximum absolute atomic E-state index is 12.4. The van der Waals surface area contributed by atoms with Gasteiger partial charge in [-0.1, -0.05) is 12.6 Å². The van der Waals surface area contributed by atoms with Crippen molar-refractivity contribution in [3.63, 3.8) is 0 Å². The Bertz CT molecular complexity index is 814. The van der Waals surface area contributed by atoms with Crippen LogP contribution in [0.1, 0.15) is 5.56 Å². The fraction of sp³-hybridized carbons (Fsp3) is 0.143. The number of imidazole rings is 1. The third-order valence-electron chi connectivity index (χ3n) is 2.78. The molecule has 0 saturated heterocycles. The minimum Gasteiger partial charge on any atom is -0.297 e. The molecule has 1 aromatic heterocycles. The molecule has 0 saturated carbocycles. The molecule has 0 aliphatic rings. The molecule has 0 radical (unpaired) electrons. The van der Waals surface area contributed by atoms with Crippen LogP contribution in [0.2, 0.25) is 0 Å². The Morgan fingerprint density at radius 3 is 2.90 bits per heavy atom. The van der Waals surface area contributed by atoms with Crippen molar-refractivity contribution in [3.05, 3.63) is 53.7 Å². The van der Waals surface area contributed by atoms with E-state index in [-0.39, 0.29) is 4.91 Å². The Kier molecular flexibility index (Phi) is 3.85. The van der Waals surface area contributed by atoms with Gasteiger partial charge in [-0.25, -0.2) is 17.4 Å². The van der Waals surface area contributed by atoms with Gasteiger partial charge in [0.1, 0.15) is 6.33 Å². The van der Waals surface area contributed by atoms with Crippen LogP contribution in [0.3, 0.4) is 0 Å². The molecule has 0 aliphatic carbocycles. The van der Waals surface area contributed by atoms with E-state index in [0.717, 1.165) is 9.54 Å². The Morgan fingerprint density at radius 2 is 2.20 bits per heavy atom. The number of nitrogens with zero attached hydrogens (tertiary/aromatic N) is 3. The van der Waals surface area contributed by atoms with Gasteiger partial charge in [-0.05, 0) is 36.8 Å². The minimum atomic E-state index is -3.71. The van der Waals surface area contributed by atoms with Crippen molar-refractivity contribution >= 4 is 27.3 Å². The second-order valence-corrected chi connectivity index (χ2v) is 6.14. The highest BCUT2D eigenvalue weighted by Crippen LogP contribution is 2.20. The molecule has 1 heterocycles. The first-order valence-electron chi connectivity index (χ1n) is 5.94. The van der Waals surface area contributed by atoms with Crippen LogP contribution >= 0.6 is 0 Å². The third kappa shape index (κ3) is 2.55. The standard InChI is InChI=1S/C14H15N3O2S/c1-11-6-7-13-14(9-11)17(10-16-13)20(18,19)12(2)5-4-8-15-3/h4-10H,2H2,1,3H3/b5-4-,15-8-. The first-order chi connectivity index (χ1) is 9.46. The van der Waals surface area contributed by atoms with Gasteiger partial charge in [0.15, 0.2) is 0 Å². The highest BCUT2D eigenvalue weighted by molar-refractivity contribution is 7.94. The molecule has 5 nitrogen and oxygen atoms in total. The summed E-state index contributed by atoms with van der Waals surface area (Å²) >= 11 is 0. The topological polar surface area (TPSA) is 64.3 Å². The van der Waals surface area contributed by atoms with Crippen molar-refractivity contribution in [2.45, 2.75) is 6.92 Å². The van der Waals surface area contributed by atoms with Crippen molar-refractivity contribution in [2.24, 2.45) is 4.99 Å². The molecule has 0 unspecified atom stereocenters. The lowest BCUT2D eigenvalue weighted by Crippen LogP contribution is -2.12. The number of allylic oxidation sites excluding steroid dienone is 2. The van der Waals surface area contributed by atoms with E-state index in [2.05, 4.69) is 16.6 Å². The fourth-order valence-corrected chi connectivity index (χ4v) is 2.82. The molecule has 0 fully saturated rings. The zero-order valence-electron chi connectivity index (χ0n) is 11.3. The number of fused-ring (bicyclic) bond motifs is 1. The van der Waals surface area contributed by atoms with Gasteiger partial charge in [0.2, 0.25) is 0 Å². The van der Waals surface area contributed by atoms with Gasteiger partial charge < -0.3 is 0 Å². The molecule has 0 spiro atoms. The van der Waals surface area contributed by atoms with E-state index in [1.807, 2.05) is 13.0 Å². The molecule has 6 heteroatoms. The van der Waals surface area contributed by atoms with Gasteiger partial charge >= 0.3 is 0 Å². The average molecular weight is 289 g/mol. The molecular weight excluding hydrogens is 274 g/mol. The van der Waals surface area contributed by atoms with E-state index in [9.17, 15) is 8.42 Å². The predicted molar refractivity (Wildman–Crippen MR) is 81.5 cm³/mol. The van der Waals surface area contributed by atoms with E-state index in [4.69, 9.17) is 0 Å². The summed E-state index contributed by atoms with van der Waals surface area (Å²) in [5.74, 6) is 0. The summed E-state index contributed by atoms with van der Waals surface area (Å²) in [6.45, 7) is 5.50. The molecule has 2 rings (SSSR count). The van der Waals surface area contributed by atoms with Crippen LogP contribution < -0.4 is 0 Å². The predicted octanol–water partition coefficient (Wildman–Crippen LogP) is 2.29. The summed E-state index contributed by atoms with van der Waals surface area (Å²) in [6, 6.07) is 5.46. The van der Waals surface area contributed by atoms with Gasteiger partial charge in [-0.15, -0.1) is 0 Å². The van der Waals surface area contributed by atoms with Crippen molar-refractivity contribution in [1.29, 1.82) is 0 Å². The minimum absolute atomic E-state index is 0.0155. The van der Waals surface area contributed by atoms with Gasteiger partial charge in [0.25, 0.3) is 10.0 Å². The van der Waals surface area contributed by atoms with E-state index < -0.39 is 10.0 Å². The largest absolute Gasteiger partial charge is 0.297 e. The molecule has 104 valence electrons. The smallest absolute Gasteiger partial charge is 0.268 e.